The maximum atomic E-state index is 6.27. The van der Waals surface area contributed by atoms with Crippen LogP contribution in [-0.4, -0.2) is 8.75 Å². The number of nitrogens with one attached hydrogen (secondary N) is 1. The first-order chi connectivity index (χ1) is 10.1. The molecule has 0 amide bonds. The lowest BCUT2D eigenvalue weighted by molar-refractivity contribution is 0.865. The van der Waals surface area contributed by atoms with E-state index in [1.807, 2.05) is 12.1 Å². The van der Waals surface area contributed by atoms with E-state index in [9.17, 15) is 0 Å². The SMILES string of the molecule is CC(C)c1ccc(CNc2c(Cl)ccc3nsnc23)cc1. The van der Waals surface area contributed by atoms with Crippen LogP contribution in [-0.2, 0) is 6.54 Å². The second-order valence-electron chi connectivity index (χ2n) is 5.30. The van der Waals surface area contributed by atoms with Crippen molar-refractivity contribution in [3.05, 3.63) is 52.5 Å². The van der Waals surface area contributed by atoms with Crippen molar-refractivity contribution in [3.8, 4) is 0 Å². The lowest BCUT2D eigenvalue weighted by atomic mass is 10.0. The average Bonchev–Trinajstić information content (AvgIpc) is 2.95. The van der Waals surface area contributed by atoms with Gasteiger partial charge in [0.2, 0.25) is 0 Å². The molecule has 2 aromatic carbocycles. The van der Waals surface area contributed by atoms with Crippen LogP contribution in [0.2, 0.25) is 5.02 Å². The van der Waals surface area contributed by atoms with Gasteiger partial charge in [0.25, 0.3) is 0 Å². The Balaban J connectivity index is 1.80. The molecule has 0 bridgehead atoms. The van der Waals surface area contributed by atoms with Crippen LogP contribution in [0.15, 0.2) is 36.4 Å². The zero-order valence-electron chi connectivity index (χ0n) is 11.9. The Morgan fingerprint density at radius 1 is 1.10 bits per heavy atom. The Morgan fingerprint density at radius 3 is 2.57 bits per heavy atom. The third-order valence-electron chi connectivity index (χ3n) is 3.49. The fourth-order valence-electron chi connectivity index (χ4n) is 2.21. The van der Waals surface area contributed by atoms with Gasteiger partial charge in [-0.25, -0.2) is 0 Å². The van der Waals surface area contributed by atoms with Crippen molar-refractivity contribution in [2.75, 3.05) is 5.32 Å². The number of anilines is 1. The highest BCUT2D eigenvalue weighted by atomic mass is 35.5. The van der Waals surface area contributed by atoms with Crippen LogP contribution in [0, 0.1) is 0 Å². The summed E-state index contributed by atoms with van der Waals surface area (Å²) in [7, 11) is 0. The minimum absolute atomic E-state index is 0.552. The van der Waals surface area contributed by atoms with Gasteiger partial charge in [-0.15, -0.1) is 0 Å². The number of hydrogen-bond donors (Lipinski definition) is 1. The molecule has 0 radical (unpaired) electrons. The van der Waals surface area contributed by atoms with Gasteiger partial charge in [-0.3, -0.25) is 0 Å². The van der Waals surface area contributed by atoms with E-state index in [2.05, 4.69) is 52.2 Å². The molecule has 0 fully saturated rings. The Morgan fingerprint density at radius 2 is 1.86 bits per heavy atom. The van der Waals surface area contributed by atoms with Crippen molar-refractivity contribution in [1.29, 1.82) is 0 Å². The van der Waals surface area contributed by atoms with E-state index >= 15 is 0 Å². The zero-order chi connectivity index (χ0) is 14.8. The van der Waals surface area contributed by atoms with E-state index < -0.39 is 0 Å². The zero-order valence-corrected chi connectivity index (χ0v) is 13.5. The highest BCUT2D eigenvalue weighted by Gasteiger charge is 2.09. The molecular weight excluding hydrogens is 302 g/mol. The molecular formula is C16H16ClN3S. The van der Waals surface area contributed by atoms with Gasteiger partial charge in [0.15, 0.2) is 0 Å². The molecule has 5 heteroatoms. The number of aromatic nitrogens is 2. The summed E-state index contributed by atoms with van der Waals surface area (Å²) in [6.07, 6.45) is 0. The van der Waals surface area contributed by atoms with Crippen LogP contribution < -0.4 is 5.32 Å². The van der Waals surface area contributed by atoms with Gasteiger partial charge in [-0.1, -0.05) is 49.7 Å². The summed E-state index contributed by atoms with van der Waals surface area (Å²) >= 11 is 7.47. The average molecular weight is 318 g/mol. The van der Waals surface area contributed by atoms with Crippen LogP contribution >= 0.6 is 23.3 Å². The van der Waals surface area contributed by atoms with Crippen LogP contribution in [0.1, 0.15) is 30.9 Å². The summed E-state index contributed by atoms with van der Waals surface area (Å²) in [6.45, 7) is 5.11. The summed E-state index contributed by atoms with van der Waals surface area (Å²) in [5.41, 5.74) is 5.14. The largest absolute Gasteiger partial charge is 0.378 e. The third-order valence-corrected chi connectivity index (χ3v) is 4.35. The standard InChI is InChI=1S/C16H16ClN3S/c1-10(2)12-5-3-11(4-6-12)9-18-15-13(17)7-8-14-16(15)20-21-19-14/h3-8,10,18H,9H2,1-2H3. The van der Waals surface area contributed by atoms with Gasteiger partial charge in [0.05, 0.1) is 22.4 Å². The van der Waals surface area contributed by atoms with E-state index in [0.717, 1.165) is 16.7 Å². The van der Waals surface area contributed by atoms with Crippen molar-refractivity contribution in [1.82, 2.24) is 8.75 Å². The summed E-state index contributed by atoms with van der Waals surface area (Å²) < 4.78 is 8.55. The molecule has 0 atom stereocenters. The van der Waals surface area contributed by atoms with Gasteiger partial charge in [0, 0.05) is 6.54 Å². The topological polar surface area (TPSA) is 37.8 Å². The van der Waals surface area contributed by atoms with Gasteiger partial charge >= 0.3 is 0 Å². The Bertz CT molecular complexity index is 750. The predicted molar refractivity (Wildman–Crippen MR) is 90.3 cm³/mol. The molecule has 0 aliphatic heterocycles. The molecule has 0 saturated heterocycles. The van der Waals surface area contributed by atoms with Gasteiger partial charge in [0.1, 0.15) is 11.0 Å². The number of nitrogens with zero attached hydrogens (tertiary/aromatic N) is 2. The highest BCUT2D eigenvalue weighted by molar-refractivity contribution is 7.00. The number of halogens is 1. The van der Waals surface area contributed by atoms with Crippen molar-refractivity contribution in [3.63, 3.8) is 0 Å². The minimum atomic E-state index is 0.552. The van der Waals surface area contributed by atoms with Crippen LogP contribution in [0.3, 0.4) is 0 Å². The second kappa shape index (κ2) is 6.00. The fourth-order valence-corrected chi connectivity index (χ4v) is 2.97. The molecule has 3 rings (SSSR count). The molecule has 3 aromatic rings. The molecule has 1 heterocycles. The van der Waals surface area contributed by atoms with E-state index in [-0.39, 0.29) is 0 Å². The first kappa shape index (κ1) is 14.3. The maximum absolute atomic E-state index is 6.27. The Hall–Kier alpha value is -1.65. The van der Waals surface area contributed by atoms with Gasteiger partial charge in [-0.05, 0) is 29.2 Å². The van der Waals surface area contributed by atoms with Crippen molar-refractivity contribution < 1.29 is 0 Å². The predicted octanol–water partition coefficient (Wildman–Crippen LogP) is 5.08. The normalized spacial score (nSPS) is 11.2. The summed E-state index contributed by atoms with van der Waals surface area (Å²) in [5, 5.41) is 4.05. The summed E-state index contributed by atoms with van der Waals surface area (Å²) in [5.74, 6) is 0.552. The van der Waals surface area contributed by atoms with Gasteiger partial charge in [-0.2, -0.15) is 8.75 Å². The molecule has 21 heavy (non-hydrogen) atoms. The van der Waals surface area contributed by atoms with E-state index in [1.54, 1.807) is 0 Å². The third kappa shape index (κ3) is 3.01. The lowest BCUT2D eigenvalue weighted by Gasteiger charge is -2.10. The minimum Gasteiger partial charge on any atom is -0.378 e. The summed E-state index contributed by atoms with van der Waals surface area (Å²) in [6, 6.07) is 12.4. The monoisotopic (exact) mass is 317 g/mol. The van der Waals surface area contributed by atoms with E-state index in [0.29, 0.717) is 17.5 Å². The van der Waals surface area contributed by atoms with Gasteiger partial charge < -0.3 is 5.32 Å². The fraction of sp³-hybridized carbons (Fsp3) is 0.250. The van der Waals surface area contributed by atoms with Crippen LogP contribution in [0.25, 0.3) is 11.0 Å². The number of benzene rings is 2. The van der Waals surface area contributed by atoms with Crippen LogP contribution in [0.4, 0.5) is 5.69 Å². The molecule has 108 valence electrons. The van der Waals surface area contributed by atoms with E-state index in [1.165, 1.54) is 22.9 Å². The first-order valence-corrected chi connectivity index (χ1v) is 7.99. The number of rotatable bonds is 4. The number of fused-ring (bicyclic) bond motifs is 1. The smallest absolute Gasteiger partial charge is 0.129 e. The van der Waals surface area contributed by atoms with Crippen LogP contribution in [0.5, 0.6) is 0 Å². The molecule has 0 aliphatic rings. The molecule has 0 unspecified atom stereocenters. The first-order valence-electron chi connectivity index (χ1n) is 6.88. The summed E-state index contributed by atoms with van der Waals surface area (Å²) in [4.78, 5) is 0. The second-order valence-corrected chi connectivity index (χ2v) is 6.24. The molecule has 1 N–H and O–H groups in total. The molecule has 3 nitrogen and oxygen atoms in total. The van der Waals surface area contributed by atoms with E-state index in [4.69, 9.17) is 11.6 Å². The highest BCUT2D eigenvalue weighted by Crippen LogP contribution is 2.30. The molecule has 0 aliphatic carbocycles. The Labute approximate surface area is 133 Å². The quantitative estimate of drug-likeness (QED) is 0.729. The molecule has 1 aromatic heterocycles. The van der Waals surface area contributed by atoms with Crippen molar-refractivity contribution in [2.24, 2.45) is 0 Å². The maximum Gasteiger partial charge on any atom is 0.129 e. The van der Waals surface area contributed by atoms with Crippen molar-refractivity contribution >= 4 is 40.0 Å². The van der Waals surface area contributed by atoms with Crippen molar-refractivity contribution in [2.45, 2.75) is 26.3 Å². The number of hydrogen-bond acceptors (Lipinski definition) is 4. The Kier molecular flexibility index (Phi) is 4.08. The molecule has 0 spiro atoms. The lowest BCUT2D eigenvalue weighted by Crippen LogP contribution is -2.01. The molecule has 0 saturated carbocycles.